The van der Waals surface area contributed by atoms with Gasteiger partial charge in [0.1, 0.15) is 29.4 Å². The van der Waals surface area contributed by atoms with Gasteiger partial charge in [0, 0.05) is 26.7 Å². The first-order chi connectivity index (χ1) is 18.4. The number of hydrogen-bond acceptors (Lipinski definition) is 9. The van der Waals surface area contributed by atoms with Gasteiger partial charge in [-0.2, -0.15) is 13.2 Å². The second-order valence-electron chi connectivity index (χ2n) is 7.72. The van der Waals surface area contributed by atoms with Crippen LogP contribution < -0.4 is 10.6 Å². The molecule has 0 aliphatic carbocycles. The number of hydrogen-bond donors (Lipinski definition) is 3. The van der Waals surface area contributed by atoms with E-state index in [9.17, 15) is 37.5 Å². The van der Waals surface area contributed by atoms with E-state index in [-0.39, 0.29) is 28.8 Å². The maximum atomic E-state index is 13.1. The molecule has 3 heterocycles. The Bertz CT molecular complexity index is 1420. The van der Waals surface area contributed by atoms with Crippen molar-refractivity contribution in [3.8, 4) is 0 Å². The molecule has 1 aromatic heterocycles. The lowest BCUT2D eigenvalue weighted by Crippen LogP contribution is -2.70. The number of anilines is 1. The zero-order chi connectivity index (χ0) is 28.5. The summed E-state index contributed by atoms with van der Waals surface area (Å²) >= 11 is 13.8. The van der Waals surface area contributed by atoms with Gasteiger partial charge in [-0.3, -0.25) is 24.6 Å². The van der Waals surface area contributed by atoms with Crippen LogP contribution in [-0.4, -0.2) is 67.7 Å². The minimum Gasteiger partial charge on any atom is -0.477 e. The monoisotopic (exact) mass is 623 g/mol. The van der Waals surface area contributed by atoms with Gasteiger partial charge in [0.15, 0.2) is 10.8 Å². The zero-order valence-corrected chi connectivity index (χ0v) is 22.1. The lowest BCUT2D eigenvalue weighted by atomic mass is 10.0. The molecule has 1 fully saturated rings. The third kappa shape index (κ3) is 6.29. The molecule has 3 N–H and O–H groups in total. The molecule has 3 amide bonds. The molecule has 206 valence electrons. The van der Waals surface area contributed by atoms with E-state index in [1.165, 1.54) is 30.0 Å². The number of carbonyl (C=O) groups excluding carboxylic acids is 3. The van der Waals surface area contributed by atoms with E-state index in [1.807, 2.05) is 0 Å². The third-order valence-electron chi connectivity index (χ3n) is 5.18. The number of amides is 3. The number of benzene rings is 1. The van der Waals surface area contributed by atoms with Gasteiger partial charge in [0.2, 0.25) is 0 Å². The van der Waals surface area contributed by atoms with Crippen LogP contribution >= 0.6 is 46.3 Å². The topological polar surface area (TPSA) is 150 Å². The predicted octanol–water partition coefficient (Wildman–Crippen LogP) is 3.24. The van der Waals surface area contributed by atoms with Gasteiger partial charge < -0.3 is 15.3 Å². The van der Waals surface area contributed by atoms with Crippen LogP contribution in [0.2, 0.25) is 10.0 Å². The highest BCUT2D eigenvalue weighted by atomic mass is 35.5. The lowest BCUT2D eigenvalue weighted by molar-refractivity contribution is -0.167. The highest BCUT2D eigenvalue weighted by Crippen LogP contribution is 2.37. The van der Waals surface area contributed by atoms with Crippen LogP contribution in [0.5, 0.6) is 0 Å². The van der Waals surface area contributed by atoms with Crippen LogP contribution in [0, 0.1) is 0 Å². The summed E-state index contributed by atoms with van der Waals surface area (Å²) in [6.45, 7) is -0.240. The van der Waals surface area contributed by atoms with E-state index in [0.717, 1.165) is 10.3 Å². The molecule has 2 aliphatic rings. The Morgan fingerprint density at radius 3 is 2.69 bits per heavy atom. The number of nitrogens with one attached hydrogen (secondary N) is 2. The van der Waals surface area contributed by atoms with Crippen molar-refractivity contribution >= 4 is 80.8 Å². The number of thioether (sulfide) groups is 1. The summed E-state index contributed by atoms with van der Waals surface area (Å²) in [5.41, 5.74) is -0.554. The predicted molar refractivity (Wildman–Crippen MR) is 135 cm³/mol. The number of rotatable bonds is 8. The molecule has 1 unspecified atom stereocenters. The molecule has 1 saturated heterocycles. The van der Waals surface area contributed by atoms with Crippen LogP contribution in [-0.2, 0) is 30.6 Å². The normalized spacial score (nSPS) is 19.0. The van der Waals surface area contributed by atoms with Crippen molar-refractivity contribution < 1.29 is 42.3 Å². The smallest absolute Gasteiger partial charge is 0.471 e. The standard InChI is InChI=1S/C21H14Cl2F3N5O6S2/c22-9-2-1-8(10(23)5-9)6-37-30-13(11-7-39-20(27-11)29-19(36)21(24,25)26)15(32)28-14-16(33)31-12(18(34)35)3-4-38-17(14)31/h1-3,5,7,14,17H,4,6H2,(H,28,32)(H,34,35)(H,27,29,36)/t14?,17-/m1/s1. The number of nitrogens with zero attached hydrogens (tertiary/aromatic N) is 3. The highest BCUT2D eigenvalue weighted by Gasteiger charge is 2.53. The van der Waals surface area contributed by atoms with Crippen LogP contribution in [0.1, 0.15) is 11.3 Å². The van der Waals surface area contributed by atoms with E-state index in [4.69, 9.17) is 28.0 Å². The maximum Gasteiger partial charge on any atom is 0.471 e. The number of carboxylic acid groups (broad SMARTS) is 1. The highest BCUT2D eigenvalue weighted by molar-refractivity contribution is 8.00. The Morgan fingerprint density at radius 2 is 2.03 bits per heavy atom. The Balaban J connectivity index is 1.55. The molecule has 4 rings (SSSR count). The van der Waals surface area contributed by atoms with Gasteiger partial charge in [-0.05, 0) is 18.2 Å². The van der Waals surface area contributed by atoms with Crippen LogP contribution in [0.15, 0.2) is 40.5 Å². The van der Waals surface area contributed by atoms with Gasteiger partial charge in [-0.1, -0.05) is 34.4 Å². The molecule has 2 aliphatic heterocycles. The minimum atomic E-state index is -5.17. The number of carbonyl (C=O) groups is 4. The van der Waals surface area contributed by atoms with Crippen molar-refractivity contribution in [2.24, 2.45) is 5.16 Å². The summed E-state index contributed by atoms with van der Waals surface area (Å²) < 4.78 is 37.8. The average Bonchev–Trinajstić information content (AvgIpc) is 3.32. The maximum absolute atomic E-state index is 13.1. The van der Waals surface area contributed by atoms with Crippen molar-refractivity contribution in [1.82, 2.24) is 15.2 Å². The molecule has 18 heteroatoms. The Morgan fingerprint density at radius 1 is 1.28 bits per heavy atom. The second kappa shape index (κ2) is 11.4. The van der Waals surface area contributed by atoms with E-state index < -0.39 is 52.1 Å². The summed E-state index contributed by atoms with van der Waals surface area (Å²) in [4.78, 5) is 58.5. The molecule has 0 spiro atoms. The van der Waals surface area contributed by atoms with Crippen LogP contribution in [0.4, 0.5) is 18.3 Å². The molecule has 11 nitrogen and oxygen atoms in total. The molecule has 2 aromatic rings. The second-order valence-corrected chi connectivity index (χ2v) is 10.6. The Hall–Kier alpha value is -3.34. The number of β-lactam (4-membered cyclic amide) rings is 1. The summed E-state index contributed by atoms with van der Waals surface area (Å²) in [5.74, 6) is -4.95. The number of fused-ring (bicyclic) bond motifs is 1. The Labute approximate surface area is 235 Å². The number of thiazole rings is 1. The van der Waals surface area contributed by atoms with Crippen molar-refractivity contribution in [2.45, 2.75) is 24.2 Å². The zero-order valence-electron chi connectivity index (χ0n) is 19.0. The van der Waals surface area contributed by atoms with Crippen molar-refractivity contribution in [3.63, 3.8) is 0 Å². The number of alkyl halides is 3. The molecule has 0 saturated carbocycles. The summed E-state index contributed by atoms with van der Waals surface area (Å²) in [6.07, 6.45) is -3.80. The van der Waals surface area contributed by atoms with Gasteiger partial charge >= 0.3 is 18.1 Å². The summed E-state index contributed by atoms with van der Waals surface area (Å²) in [5, 5.41) is 17.7. The quantitative estimate of drug-likeness (QED) is 0.230. The SMILES string of the molecule is O=C(O)C1=CCS[C@@H]2C(NC(=O)C(=NOCc3ccc(Cl)cc3Cl)c3csc(NC(=O)C(F)(F)F)n3)C(=O)N12. The first kappa shape index (κ1) is 28.7. The lowest BCUT2D eigenvalue weighted by Gasteiger charge is -2.48. The van der Waals surface area contributed by atoms with E-state index >= 15 is 0 Å². The van der Waals surface area contributed by atoms with Gasteiger partial charge in [-0.25, -0.2) is 9.78 Å². The molecule has 2 atom stereocenters. The van der Waals surface area contributed by atoms with Gasteiger partial charge in [0.05, 0.1) is 0 Å². The Kier molecular flexibility index (Phi) is 8.39. The number of aromatic nitrogens is 1. The number of oxime groups is 1. The minimum absolute atomic E-state index is 0.212. The number of carboxylic acids is 1. The van der Waals surface area contributed by atoms with Crippen LogP contribution in [0.3, 0.4) is 0 Å². The summed E-state index contributed by atoms with van der Waals surface area (Å²) in [7, 11) is 0. The fourth-order valence-corrected chi connectivity index (χ4v) is 5.71. The largest absolute Gasteiger partial charge is 0.477 e. The molecule has 39 heavy (non-hydrogen) atoms. The van der Waals surface area contributed by atoms with Crippen molar-refractivity contribution in [1.29, 1.82) is 0 Å². The third-order valence-corrected chi connectivity index (χ3v) is 7.71. The van der Waals surface area contributed by atoms with Crippen molar-refractivity contribution in [3.05, 3.63) is 56.7 Å². The first-order valence-corrected chi connectivity index (χ1v) is 13.2. The molecular formula is C21H14Cl2F3N5O6S2. The fourth-order valence-electron chi connectivity index (χ4n) is 3.37. The molecule has 0 radical (unpaired) electrons. The molecule has 1 aromatic carbocycles. The number of aliphatic carboxylic acids is 1. The number of halogens is 5. The van der Waals surface area contributed by atoms with E-state index in [1.54, 1.807) is 11.4 Å². The first-order valence-electron chi connectivity index (χ1n) is 10.5. The molecule has 0 bridgehead atoms. The van der Waals surface area contributed by atoms with Crippen LogP contribution in [0.25, 0.3) is 0 Å². The van der Waals surface area contributed by atoms with Gasteiger partial charge in [-0.15, -0.1) is 23.1 Å². The average molecular weight is 624 g/mol. The van der Waals surface area contributed by atoms with Gasteiger partial charge in [0.25, 0.3) is 11.8 Å². The summed E-state index contributed by atoms with van der Waals surface area (Å²) in [6, 6.07) is 3.41. The van der Waals surface area contributed by atoms with E-state index in [2.05, 4.69) is 15.5 Å². The molecular weight excluding hydrogens is 610 g/mol. The van der Waals surface area contributed by atoms with Crippen molar-refractivity contribution in [2.75, 3.05) is 11.1 Å². The van der Waals surface area contributed by atoms with E-state index in [0.29, 0.717) is 21.9 Å². The fraction of sp³-hybridized carbons (Fsp3) is 0.238.